The molecule has 0 amide bonds. The number of rotatable bonds is 4. The monoisotopic (exact) mass is 364 g/mol. The van der Waals surface area contributed by atoms with Gasteiger partial charge in [-0.25, -0.2) is 4.98 Å². The topological polar surface area (TPSA) is 58.9 Å². The van der Waals surface area contributed by atoms with Crippen molar-refractivity contribution in [1.82, 2.24) is 9.38 Å². The molecule has 1 fully saturated rings. The van der Waals surface area contributed by atoms with E-state index in [0.29, 0.717) is 24.7 Å². The predicted molar refractivity (Wildman–Crippen MR) is 108 cm³/mol. The van der Waals surface area contributed by atoms with Crippen LogP contribution in [0.1, 0.15) is 24.1 Å². The number of aromatic nitrogens is 2. The number of hydrogen-bond donors (Lipinski definition) is 1. The van der Waals surface area contributed by atoms with Crippen molar-refractivity contribution in [3.05, 3.63) is 70.1 Å². The highest BCUT2D eigenvalue weighted by molar-refractivity contribution is 5.70. The smallest absolute Gasteiger partial charge is 0.260 e. The normalized spacial score (nSPS) is 15.7. The predicted octanol–water partition coefficient (Wildman–Crippen LogP) is 3.01. The van der Waals surface area contributed by atoms with Crippen LogP contribution in [0.4, 0.5) is 11.5 Å². The molecule has 1 unspecified atom stereocenters. The molecule has 1 aliphatic heterocycles. The second-order valence-corrected chi connectivity index (χ2v) is 6.95. The standard InChI is InChI=1S/C21H24N4O2/c1-15-12-18(22-16(2)17-6-4-3-5-7-17)21-23-19(13-20(26)25(21)14-15)24-8-10-27-11-9-24/h3-7,12-14,16,22H,8-11H2,1-2H3. The average molecular weight is 364 g/mol. The van der Waals surface area contributed by atoms with Crippen molar-refractivity contribution in [2.24, 2.45) is 0 Å². The number of morpholine rings is 1. The summed E-state index contributed by atoms with van der Waals surface area (Å²) in [4.78, 5) is 19.7. The number of benzene rings is 1. The fourth-order valence-corrected chi connectivity index (χ4v) is 3.45. The number of fused-ring (bicyclic) bond motifs is 1. The molecule has 2 aromatic heterocycles. The zero-order valence-electron chi connectivity index (χ0n) is 15.7. The molecule has 0 aliphatic carbocycles. The van der Waals surface area contributed by atoms with Crippen LogP contribution in [0.25, 0.3) is 5.65 Å². The number of nitrogens with zero attached hydrogens (tertiary/aromatic N) is 3. The lowest BCUT2D eigenvalue weighted by molar-refractivity contribution is 0.122. The molecule has 1 N–H and O–H groups in total. The van der Waals surface area contributed by atoms with Gasteiger partial charge in [-0.2, -0.15) is 0 Å². The number of anilines is 2. The molecule has 1 aromatic carbocycles. The third-order valence-corrected chi connectivity index (χ3v) is 4.89. The van der Waals surface area contributed by atoms with Crippen LogP contribution in [0.3, 0.4) is 0 Å². The number of hydrogen-bond acceptors (Lipinski definition) is 5. The Bertz CT molecular complexity index is 994. The first-order valence-corrected chi connectivity index (χ1v) is 9.30. The lowest BCUT2D eigenvalue weighted by Crippen LogP contribution is -2.37. The number of pyridine rings is 1. The van der Waals surface area contributed by atoms with Crippen LogP contribution in [0.15, 0.2) is 53.5 Å². The third kappa shape index (κ3) is 3.66. The Morgan fingerprint density at radius 1 is 1.15 bits per heavy atom. The molecule has 3 aromatic rings. The van der Waals surface area contributed by atoms with Crippen molar-refractivity contribution in [1.29, 1.82) is 0 Å². The van der Waals surface area contributed by atoms with Crippen molar-refractivity contribution in [3.8, 4) is 0 Å². The third-order valence-electron chi connectivity index (χ3n) is 4.89. The maximum atomic E-state index is 12.7. The van der Waals surface area contributed by atoms with Crippen molar-refractivity contribution in [2.75, 3.05) is 36.5 Å². The molecular weight excluding hydrogens is 340 g/mol. The van der Waals surface area contributed by atoms with Gasteiger partial charge in [-0.1, -0.05) is 30.3 Å². The Labute approximate surface area is 158 Å². The number of aryl methyl sites for hydroxylation is 1. The molecule has 3 heterocycles. The van der Waals surface area contributed by atoms with Crippen LogP contribution in [-0.2, 0) is 4.74 Å². The van der Waals surface area contributed by atoms with Gasteiger partial charge in [0.25, 0.3) is 5.56 Å². The minimum absolute atomic E-state index is 0.0689. The van der Waals surface area contributed by atoms with E-state index in [0.717, 1.165) is 24.3 Å². The lowest BCUT2D eigenvalue weighted by atomic mass is 10.1. The summed E-state index contributed by atoms with van der Waals surface area (Å²) in [5, 5.41) is 3.53. The van der Waals surface area contributed by atoms with E-state index in [9.17, 15) is 4.79 Å². The van der Waals surface area contributed by atoms with Gasteiger partial charge in [0.15, 0.2) is 5.65 Å². The van der Waals surface area contributed by atoms with Crippen LogP contribution in [-0.4, -0.2) is 35.7 Å². The summed E-state index contributed by atoms with van der Waals surface area (Å²) in [6.07, 6.45) is 1.84. The van der Waals surface area contributed by atoms with E-state index in [1.807, 2.05) is 37.4 Å². The van der Waals surface area contributed by atoms with E-state index in [-0.39, 0.29) is 11.6 Å². The lowest BCUT2D eigenvalue weighted by Gasteiger charge is -2.28. The SMILES string of the molecule is Cc1cc(NC(C)c2ccccc2)c2nc(N3CCOCC3)cc(=O)n2c1. The molecule has 0 saturated carbocycles. The first-order chi connectivity index (χ1) is 13.1. The van der Waals surface area contributed by atoms with E-state index in [2.05, 4.69) is 29.3 Å². The molecule has 140 valence electrons. The summed E-state index contributed by atoms with van der Waals surface area (Å²) < 4.78 is 7.04. The van der Waals surface area contributed by atoms with Gasteiger partial charge in [-0.15, -0.1) is 0 Å². The van der Waals surface area contributed by atoms with Gasteiger partial charge in [0.05, 0.1) is 18.9 Å². The molecule has 1 saturated heterocycles. The van der Waals surface area contributed by atoms with Gasteiger partial charge >= 0.3 is 0 Å². The van der Waals surface area contributed by atoms with E-state index < -0.39 is 0 Å². The highest BCUT2D eigenvalue weighted by atomic mass is 16.5. The van der Waals surface area contributed by atoms with Crippen molar-refractivity contribution >= 4 is 17.2 Å². The van der Waals surface area contributed by atoms with Crippen LogP contribution in [0.2, 0.25) is 0 Å². The van der Waals surface area contributed by atoms with E-state index in [4.69, 9.17) is 9.72 Å². The largest absolute Gasteiger partial charge is 0.378 e. The summed E-state index contributed by atoms with van der Waals surface area (Å²) in [6, 6.07) is 14.0. The Hall–Kier alpha value is -2.86. The number of nitrogens with one attached hydrogen (secondary N) is 1. The Balaban J connectivity index is 1.76. The van der Waals surface area contributed by atoms with Gasteiger partial charge in [-0.3, -0.25) is 9.20 Å². The quantitative estimate of drug-likeness (QED) is 0.771. The Kier molecular flexibility index (Phi) is 4.81. The molecular formula is C21H24N4O2. The van der Waals surface area contributed by atoms with Crippen LogP contribution < -0.4 is 15.8 Å². The molecule has 0 bridgehead atoms. The minimum atomic E-state index is -0.0689. The fraction of sp³-hybridized carbons (Fsp3) is 0.333. The minimum Gasteiger partial charge on any atom is -0.378 e. The molecule has 27 heavy (non-hydrogen) atoms. The van der Waals surface area contributed by atoms with Gasteiger partial charge in [0.2, 0.25) is 0 Å². The van der Waals surface area contributed by atoms with Gasteiger partial charge < -0.3 is 15.0 Å². The molecule has 0 radical (unpaired) electrons. The second kappa shape index (κ2) is 7.40. The highest BCUT2D eigenvalue weighted by Crippen LogP contribution is 2.24. The molecule has 1 atom stereocenters. The van der Waals surface area contributed by atoms with Crippen LogP contribution in [0.5, 0.6) is 0 Å². The first-order valence-electron chi connectivity index (χ1n) is 9.30. The Morgan fingerprint density at radius 2 is 1.89 bits per heavy atom. The van der Waals surface area contributed by atoms with Crippen molar-refractivity contribution in [2.45, 2.75) is 19.9 Å². The maximum absolute atomic E-state index is 12.7. The van der Waals surface area contributed by atoms with Gasteiger partial charge in [0, 0.05) is 31.4 Å². The van der Waals surface area contributed by atoms with Crippen molar-refractivity contribution in [3.63, 3.8) is 0 Å². The van der Waals surface area contributed by atoms with E-state index >= 15 is 0 Å². The zero-order chi connectivity index (χ0) is 18.8. The Morgan fingerprint density at radius 3 is 2.63 bits per heavy atom. The van der Waals surface area contributed by atoms with Gasteiger partial charge in [0.1, 0.15) is 5.82 Å². The summed E-state index contributed by atoms with van der Waals surface area (Å²) in [5.74, 6) is 0.711. The van der Waals surface area contributed by atoms with Gasteiger partial charge in [-0.05, 0) is 31.0 Å². The molecule has 4 rings (SSSR count). The first kappa shape index (κ1) is 17.5. The maximum Gasteiger partial charge on any atom is 0.260 e. The average Bonchev–Trinajstić information content (AvgIpc) is 2.70. The highest BCUT2D eigenvalue weighted by Gasteiger charge is 2.16. The second-order valence-electron chi connectivity index (χ2n) is 6.95. The molecule has 1 aliphatic rings. The zero-order valence-corrected chi connectivity index (χ0v) is 15.7. The fourth-order valence-electron chi connectivity index (χ4n) is 3.45. The van der Waals surface area contributed by atoms with Crippen LogP contribution in [0, 0.1) is 6.92 Å². The van der Waals surface area contributed by atoms with E-state index in [1.165, 1.54) is 5.56 Å². The summed E-state index contributed by atoms with van der Waals surface area (Å²) >= 11 is 0. The number of ether oxygens (including phenoxy) is 1. The van der Waals surface area contributed by atoms with E-state index in [1.54, 1.807) is 10.5 Å². The summed E-state index contributed by atoms with van der Waals surface area (Å²) in [7, 11) is 0. The van der Waals surface area contributed by atoms with Crippen LogP contribution >= 0.6 is 0 Å². The summed E-state index contributed by atoms with van der Waals surface area (Å²) in [6.45, 7) is 6.91. The van der Waals surface area contributed by atoms with Crippen molar-refractivity contribution < 1.29 is 4.74 Å². The molecule has 0 spiro atoms. The molecule has 6 heteroatoms. The molecule has 6 nitrogen and oxygen atoms in total. The summed E-state index contributed by atoms with van der Waals surface area (Å²) in [5.41, 5.74) is 3.63.